The van der Waals surface area contributed by atoms with E-state index in [-0.39, 0.29) is 5.91 Å². The molecule has 4 fully saturated rings. The van der Waals surface area contributed by atoms with Gasteiger partial charge in [0.2, 0.25) is 5.91 Å². The van der Waals surface area contributed by atoms with Crippen molar-refractivity contribution in [2.24, 2.45) is 23.2 Å². The SMILES string of the molecule is O=C(CC12CC3CC(CC(C3)C1)C2)NCCOCCCl. The third-order valence-electron chi connectivity index (χ3n) is 5.49. The minimum absolute atomic E-state index is 0.224. The number of amides is 1. The van der Waals surface area contributed by atoms with Gasteiger partial charge in [-0.05, 0) is 61.7 Å². The van der Waals surface area contributed by atoms with E-state index in [0.717, 1.165) is 24.2 Å². The Balaban J connectivity index is 1.44. The molecule has 0 aromatic carbocycles. The summed E-state index contributed by atoms with van der Waals surface area (Å²) in [6.45, 7) is 1.74. The van der Waals surface area contributed by atoms with Crippen molar-refractivity contribution in [3.05, 3.63) is 0 Å². The summed E-state index contributed by atoms with van der Waals surface area (Å²) in [5, 5.41) is 3.01. The van der Waals surface area contributed by atoms with Crippen LogP contribution in [0.1, 0.15) is 44.9 Å². The molecule has 4 bridgehead atoms. The van der Waals surface area contributed by atoms with E-state index in [1.807, 2.05) is 0 Å². The Labute approximate surface area is 126 Å². The standard InChI is InChI=1S/C16H26ClNO2/c17-1-3-20-4-2-18-15(19)11-16-8-12-5-13(9-16)7-14(6-12)10-16/h12-14H,1-11H2,(H,18,19). The molecule has 1 amide bonds. The van der Waals surface area contributed by atoms with E-state index < -0.39 is 0 Å². The van der Waals surface area contributed by atoms with Crippen LogP contribution in [0, 0.1) is 23.2 Å². The summed E-state index contributed by atoms with van der Waals surface area (Å²) in [6, 6.07) is 0. The van der Waals surface area contributed by atoms with Gasteiger partial charge in [0.25, 0.3) is 0 Å². The summed E-state index contributed by atoms with van der Waals surface area (Å²) in [4.78, 5) is 12.2. The summed E-state index contributed by atoms with van der Waals surface area (Å²) >= 11 is 5.53. The highest BCUT2D eigenvalue weighted by Crippen LogP contribution is 2.61. The second kappa shape index (κ2) is 6.23. The predicted molar refractivity (Wildman–Crippen MR) is 79.8 cm³/mol. The number of hydrogen-bond acceptors (Lipinski definition) is 2. The molecule has 20 heavy (non-hydrogen) atoms. The van der Waals surface area contributed by atoms with Gasteiger partial charge in [-0.15, -0.1) is 11.6 Å². The molecule has 0 radical (unpaired) electrons. The van der Waals surface area contributed by atoms with Crippen LogP contribution >= 0.6 is 11.6 Å². The number of rotatable bonds is 7. The molecule has 0 aromatic heterocycles. The zero-order valence-corrected chi connectivity index (χ0v) is 13.0. The first-order valence-corrected chi connectivity index (χ1v) is 8.63. The predicted octanol–water partition coefficient (Wildman–Crippen LogP) is 2.96. The van der Waals surface area contributed by atoms with Gasteiger partial charge in [-0.25, -0.2) is 0 Å². The van der Waals surface area contributed by atoms with Crippen LogP contribution in [0.4, 0.5) is 0 Å². The van der Waals surface area contributed by atoms with Crippen molar-refractivity contribution in [1.82, 2.24) is 5.32 Å². The van der Waals surface area contributed by atoms with Gasteiger partial charge in [0.05, 0.1) is 13.2 Å². The van der Waals surface area contributed by atoms with E-state index >= 15 is 0 Å². The topological polar surface area (TPSA) is 38.3 Å². The summed E-state index contributed by atoms with van der Waals surface area (Å²) in [7, 11) is 0. The first-order valence-electron chi connectivity index (χ1n) is 8.09. The number of carbonyl (C=O) groups is 1. The highest BCUT2D eigenvalue weighted by Gasteiger charge is 2.51. The van der Waals surface area contributed by atoms with Crippen LogP contribution in [0.25, 0.3) is 0 Å². The number of nitrogens with one attached hydrogen (secondary N) is 1. The van der Waals surface area contributed by atoms with Gasteiger partial charge in [-0.2, -0.15) is 0 Å². The molecule has 0 atom stereocenters. The average Bonchev–Trinajstić information content (AvgIpc) is 2.36. The lowest BCUT2D eigenvalue weighted by molar-refractivity contribution is -0.129. The number of ether oxygens (including phenoxy) is 1. The van der Waals surface area contributed by atoms with E-state index in [1.54, 1.807) is 0 Å². The molecule has 4 heteroatoms. The fourth-order valence-corrected chi connectivity index (χ4v) is 5.44. The molecule has 4 saturated carbocycles. The minimum Gasteiger partial charge on any atom is -0.378 e. The number of hydrogen-bond donors (Lipinski definition) is 1. The van der Waals surface area contributed by atoms with Crippen LogP contribution in [0.2, 0.25) is 0 Å². The lowest BCUT2D eigenvalue weighted by atomic mass is 9.49. The maximum Gasteiger partial charge on any atom is 0.220 e. The Morgan fingerprint density at radius 1 is 1.10 bits per heavy atom. The maximum atomic E-state index is 12.2. The molecular weight excluding hydrogens is 274 g/mol. The van der Waals surface area contributed by atoms with E-state index in [4.69, 9.17) is 16.3 Å². The fourth-order valence-electron chi connectivity index (χ4n) is 5.33. The molecule has 4 rings (SSSR count). The highest BCUT2D eigenvalue weighted by molar-refractivity contribution is 6.17. The molecule has 0 saturated heterocycles. The van der Waals surface area contributed by atoms with Gasteiger partial charge in [0.1, 0.15) is 0 Å². The van der Waals surface area contributed by atoms with Crippen LogP contribution in [0.5, 0.6) is 0 Å². The van der Waals surface area contributed by atoms with E-state index in [2.05, 4.69) is 5.32 Å². The molecular formula is C16H26ClNO2. The molecule has 4 aliphatic carbocycles. The molecule has 0 unspecified atom stereocenters. The summed E-state index contributed by atoms with van der Waals surface area (Å²) in [6.07, 6.45) is 8.96. The van der Waals surface area contributed by atoms with Crippen molar-refractivity contribution in [2.45, 2.75) is 44.9 Å². The van der Waals surface area contributed by atoms with Gasteiger partial charge in [-0.3, -0.25) is 4.79 Å². The van der Waals surface area contributed by atoms with Crippen molar-refractivity contribution >= 4 is 17.5 Å². The summed E-state index contributed by atoms with van der Waals surface area (Å²) in [5.41, 5.74) is 0.343. The normalized spacial score (nSPS) is 38.1. The van der Waals surface area contributed by atoms with Gasteiger partial charge in [0.15, 0.2) is 0 Å². The van der Waals surface area contributed by atoms with Gasteiger partial charge in [0, 0.05) is 18.8 Å². The molecule has 0 spiro atoms. The van der Waals surface area contributed by atoms with E-state index in [9.17, 15) is 4.79 Å². The number of alkyl halides is 1. The van der Waals surface area contributed by atoms with Crippen molar-refractivity contribution < 1.29 is 9.53 Å². The quantitative estimate of drug-likeness (QED) is 0.580. The molecule has 114 valence electrons. The summed E-state index contributed by atoms with van der Waals surface area (Å²) in [5.74, 6) is 3.49. The Morgan fingerprint density at radius 2 is 1.70 bits per heavy atom. The molecule has 0 aromatic rings. The Kier molecular flexibility index (Phi) is 4.56. The Morgan fingerprint density at radius 3 is 2.25 bits per heavy atom. The van der Waals surface area contributed by atoms with Crippen molar-refractivity contribution in [3.63, 3.8) is 0 Å². The Bertz CT molecular complexity index is 323. The van der Waals surface area contributed by atoms with Crippen LogP contribution in [-0.4, -0.2) is 31.5 Å². The molecule has 3 nitrogen and oxygen atoms in total. The van der Waals surface area contributed by atoms with Crippen LogP contribution in [0.15, 0.2) is 0 Å². The molecule has 0 heterocycles. The molecule has 1 N–H and O–H groups in total. The van der Waals surface area contributed by atoms with Gasteiger partial charge >= 0.3 is 0 Å². The van der Waals surface area contributed by atoms with Crippen LogP contribution in [0.3, 0.4) is 0 Å². The summed E-state index contributed by atoms with van der Waals surface area (Å²) < 4.78 is 5.28. The fraction of sp³-hybridized carbons (Fsp3) is 0.938. The second-order valence-electron chi connectivity index (χ2n) is 7.25. The van der Waals surface area contributed by atoms with Crippen molar-refractivity contribution in [1.29, 1.82) is 0 Å². The smallest absolute Gasteiger partial charge is 0.220 e. The zero-order chi connectivity index (χ0) is 14.0. The van der Waals surface area contributed by atoms with E-state index in [0.29, 0.717) is 31.1 Å². The number of halogens is 1. The molecule has 0 aliphatic heterocycles. The largest absolute Gasteiger partial charge is 0.378 e. The number of carbonyl (C=O) groups excluding carboxylic acids is 1. The minimum atomic E-state index is 0.224. The lowest BCUT2D eigenvalue weighted by Crippen LogP contribution is -2.48. The van der Waals surface area contributed by atoms with Crippen molar-refractivity contribution in [3.8, 4) is 0 Å². The maximum absolute atomic E-state index is 12.2. The Hall–Kier alpha value is -0.280. The lowest BCUT2D eigenvalue weighted by Gasteiger charge is -2.56. The van der Waals surface area contributed by atoms with Gasteiger partial charge < -0.3 is 10.1 Å². The van der Waals surface area contributed by atoms with Gasteiger partial charge in [-0.1, -0.05) is 0 Å². The van der Waals surface area contributed by atoms with E-state index in [1.165, 1.54) is 38.5 Å². The monoisotopic (exact) mass is 299 g/mol. The zero-order valence-electron chi connectivity index (χ0n) is 12.2. The molecule has 4 aliphatic rings. The third kappa shape index (κ3) is 3.30. The van der Waals surface area contributed by atoms with Crippen LogP contribution < -0.4 is 5.32 Å². The van der Waals surface area contributed by atoms with Crippen LogP contribution in [-0.2, 0) is 9.53 Å². The average molecular weight is 300 g/mol. The highest BCUT2D eigenvalue weighted by atomic mass is 35.5. The van der Waals surface area contributed by atoms with Crippen molar-refractivity contribution in [2.75, 3.05) is 25.6 Å². The first-order chi connectivity index (χ1) is 9.69. The second-order valence-corrected chi connectivity index (χ2v) is 7.62. The first kappa shape index (κ1) is 14.6. The third-order valence-corrected chi connectivity index (χ3v) is 5.64.